The van der Waals surface area contributed by atoms with Gasteiger partial charge in [0.1, 0.15) is 11.6 Å². The maximum atomic E-state index is 12.1. The highest BCUT2D eigenvalue weighted by Crippen LogP contribution is 2.08. The Bertz CT molecular complexity index is 812. The Morgan fingerprint density at radius 3 is 2.47 bits per heavy atom. The van der Waals surface area contributed by atoms with E-state index >= 15 is 0 Å². The minimum Gasteiger partial charge on any atom is -0.480 e. The molecule has 0 saturated carbocycles. The van der Waals surface area contributed by atoms with Gasteiger partial charge in [-0.15, -0.1) is 0 Å². The molecule has 0 aliphatic heterocycles. The predicted molar refractivity (Wildman–Crippen MR) is 122 cm³/mol. The number of carbonyl (C=O) groups is 3. The fourth-order valence-electron chi connectivity index (χ4n) is 2.49. The van der Waals surface area contributed by atoms with E-state index in [1.54, 1.807) is 33.2 Å². The van der Waals surface area contributed by atoms with Gasteiger partial charge >= 0.3 is 12.1 Å². The van der Waals surface area contributed by atoms with Crippen molar-refractivity contribution in [3.05, 3.63) is 18.0 Å². The molecule has 0 spiro atoms. The van der Waals surface area contributed by atoms with Gasteiger partial charge in [-0.1, -0.05) is 23.6 Å². The number of unbranched alkanes of at least 4 members (excludes halogenated alkanes) is 2. The number of thioether (sulfide) groups is 1. The van der Waals surface area contributed by atoms with E-state index in [2.05, 4.69) is 32.4 Å². The number of aromatic nitrogens is 2. The maximum Gasteiger partial charge on any atom is 0.407 e. The van der Waals surface area contributed by atoms with Gasteiger partial charge in [0, 0.05) is 31.8 Å². The summed E-state index contributed by atoms with van der Waals surface area (Å²) < 4.78 is 5.13. The number of amides is 2. The van der Waals surface area contributed by atoms with E-state index in [0.717, 1.165) is 0 Å². The summed E-state index contributed by atoms with van der Waals surface area (Å²) in [4.78, 5) is 43.3. The molecule has 0 aromatic carbocycles. The number of aliphatic carboxylic acids is 1. The van der Waals surface area contributed by atoms with Gasteiger partial charge in [-0.3, -0.25) is 4.79 Å². The first kappa shape index (κ1) is 27.2. The number of carbonyl (C=O) groups excluding carboxylic acids is 2. The van der Waals surface area contributed by atoms with Gasteiger partial charge in [-0.25, -0.2) is 19.6 Å². The number of rotatable bonds is 11. The molecule has 0 aliphatic carbocycles. The maximum absolute atomic E-state index is 12.1. The molecule has 0 unspecified atom stereocenters. The molecule has 0 aliphatic rings. The number of ether oxygens (including phenoxy) is 1. The zero-order valence-electron chi connectivity index (χ0n) is 19.1. The molecule has 10 heteroatoms. The van der Waals surface area contributed by atoms with Crippen molar-refractivity contribution >= 4 is 29.7 Å². The quantitative estimate of drug-likeness (QED) is 0.197. The zero-order valence-corrected chi connectivity index (χ0v) is 19.9. The molecule has 176 valence electrons. The van der Waals surface area contributed by atoms with Crippen LogP contribution in [0.2, 0.25) is 0 Å². The van der Waals surface area contributed by atoms with Gasteiger partial charge in [-0.05, 0) is 52.7 Å². The number of hydrogen-bond donors (Lipinski definition) is 3. The van der Waals surface area contributed by atoms with Crippen LogP contribution < -0.4 is 10.6 Å². The lowest BCUT2D eigenvalue weighted by Crippen LogP contribution is -2.40. The van der Waals surface area contributed by atoms with Crippen molar-refractivity contribution in [2.45, 2.75) is 76.1 Å². The summed E-state index contributed by atoms with van der Waals surface area (Å²) in [5.41, 5.74) is 0.141. The van der Waals surface area contributed by atoms with Crippen LogP contribution in [-0.4, -0.2) is 57.5 Å². The molecular formula is C22H32N4O5S. The summed E-state index contributed by atoms with van der Waals surface area (Å²) in [6.07, 6.45) is 7.31. The lowest BCUT2D eigenvalue weighted by Gasteiger charge is -2.19. The first-order valence-corrected chi connectivity index (χ1v) is 11.7. The third-order valence-corrected chi connectivity index (χ3v) is 4.55. The molecule has 32 heavy (non-hydrogen) atoms. The fraction of sp³-hybridized carbons (Fsp3) is 0.591. The Kier molecular flexibility index (Phi) is 12.2. The van der Waals surface area contributed by atoms with Crippen LogP contribution in [0.3, 0.4) is 0 Å². The summed E-state index contributed by atoms with van der Waals surface area (Å²) in [7, 11) is 0. The number of carboxylic acids is 1. The van der Waals surface area contributed by atoms with Crippen molar-refractivity contribution in [2.75, 3.05) is 12.8 Å². The number of alkyl carbamates (subject to hydrolysis) is 1. The van der Waals surface area contributed by atoms with Crippen LogP contribution >= 0.6 is 11.8 Å². The third-order valence-electron chi connectivity index (χ3n) is 3.97. The number of nitrogens with one attached hydrogen (secondary N) is 2. The average molecular weight is 465 g/mol. The Morgan fingerprint density at radius 1 is 1.19 bits per heavy atom. The summed E-state index contributed by atoms with van der Waals surface area (Å²) in [6, 6.07) is -0.956. The van der Waals surface area contributed by atoms with Crippen molar-refractivity contribution < 1.29 is 24.2 Å². The van der Waals surface area contributed by atoms with E-state index < -0.39 is 23.7 Å². The third kappa shape index (κ3) is 12.8. The topological polar surface area (TPSA) is 131 Å². The Labute approximate surface area is 193 Å². The molecule has 1 atom stereocenters. The standard InChI is InChI=1S/C22H32N4O5S/c1-22(2,3)31-21(30)23-13-9-8-11-17(19(28)29)26-18(27)12-7-5-6-10-16-14-24-20(32-4)25-15-16/h14-15,17H,5,7-9,11-13H2,1-4H3,(H,23,30)(H,26,27)(H,28,29)/t17-/m0/s1. The van der Waals surface area contributed by atoms with Gasteiger partial charge in [0.15, 0.2) is 5.16 Å². The fourth-order valence-corrected chi connectivity index (χ4v) is 2.81. The Balaban J connectivity index is 2.26. The molecule has 0 saturated heterocycles. The first-order valence-electron chi connectivity index (χ1n) is 10.4. The van der Waals surface area contributed by atoms with Gasteiger partial charge in [0.05, 0.1) is 5.56 Å². The molecule has 1 aromatic rings. The molecule has 0 bridgehead atoms. The average Bonchev–Trinajstić information content (AvgIpc) is 2.71. The second-order valence-electron chi connectivity index (χ2n) is 8.00. The molecule has 3 N–H and O–H groups in total. The number of hydrogen-bond acceptors (Lipinski definition) is 7. The van der Waals surface area contributed by atoms with Crippen molar-refractivity contribution in [2.24, 2.45) is 0 Å². The van der Waals surface area contributed by atoms with Crippen molar-refractivity contribution in [1.29, 1.82) is 0 Å². The Morgan fingerprint density at radius 2 is 1.88 bits per heavy atom. The SMILES string of the molecule is CSc1ncc(C#CCCCC(=O)N[C@@H](CCCCNC(=O)OC(C)(C)C)C(=O)O)cn1. The van der Waals surface area contributed by atoms with E-state index in [0.29, 0.717) is 42.9 Å². The highest BCUT2D eigenvalue weighted by Gasteiger charge is 2.19. The van der Waals surface area contributed by atoms with E-state index in [-0.39, 0.29) is 18.7 Å². The summed E-state index contributed by atoms with van der Waals surface area (Å²) in [6.45, 7) is 5.70. The molecule has 2 amide bonds. The monoisotopic (exact) mass is 464 g/mol. The smallest absolute Gasteiger partial charge is 0.407 e. The summed E-state index contributed by atoms with van der Waals surface area (Å²) >= 11 is 1.45. The second-order valence-corrected chi connectivity index (χ2v) is 8.77. The van der Waals surface area contributed by atoms with Crippen molar-refractivity contribution in [3.8, 4) is 11.8 Å². The van der Waals surface area contributed by atoms with Crippen LogP contribution in [-0.2, 0) is 14.3 Å². The van der Waals surface area contributed by atoms with E-state index in [9.17, 15) is 19.5 Å². The molecular weight excluding hydrogens is 432 g/mol. The van der Waals surface area contributed by atoms with Crippen LogP contribution in [0.15, 0.2) is 17.6 Å². The zero-order chi connectivity index (χ0) is 24.0. The molecule has 0 radical (unpaired) electrons. The molecule has 0 fully saturated rings. The molecule has 1 rings (SSSR count). The summed E-state index contributed by atoms with van der Waals surface area (Å²) in [5, 5.41) is 15.2. The lowest BCUT2D eigenvalue weighted by molar-refractivity contribution is -0.142. The van der Waals surface area contributed by atoms with Gasteiger partial charge in [0.2, 0.25) is 5.91 Å². The molecule has 1 heterocycles. The predicted octanol–water partition coefficient (Wildman–Crippen LogP) is 2.98. The van der Waals surface area contributed by atoms with Gasteiger partial charge in [0.25, 0.3) is 0 Å². The van der Waals surface area contributed by atoms with Gasteiger partial charge < -0.3 is 20.5 Å². The van der Waals surface area contributed by atoms with E-state index in [4.69, 9.17) is 4.74 Å². The summed E-state index contributed by atoms with van der Waals surface area (Å²) in [5.74, 6) is 4.51. The minimum absolute atomic E-state index is 0.195. The van der Waals surface area contributed by atoms with Crippen LogP contribution in [0, 0.1) is 11.8 Å². The molecule has 1 aromatic heterocycles. The highest BCUT2D eigenvalue weighted by atomic mass is 32.2. The number of nitrogens with zero attached hydrogens (tertiary/aromatic N) is 2. The van der Waals surface area contributed by atoms with Crippen molar-refractivity contribution in [1.82, 2.24) is 20.6 Å². The largest absolute Gasteiger partial charge is 0.480 e. The normalized spacial score (nSPS) is 11.6. The Hall–Kier alpha value is -2.80. The van der Waals surface area contributed by atoms with Crippen LogP contribution in [0.4, 0.5) is 4.79 Å². The molecule has 9 nitrogen and oxygen atoms in total. The van der Waals surface area contributed by atoms with Crippen LogP contribution in [0.25, 0.3) is 0 Å². The van der Waals surface area contributed by atoms with E-state index in [1.807, 2.05) is 6.26 Å². The highest BCUT2D eigenvalue weighted by molar-refractivity contribution is 7.98. The van der Waals surface area contributed by atoms with E-state index in [1.165, 1.54) is 11.8 Å². The second kappa shape index (κ2) is 14.3. The van der Waals surface area contributed by atoms with Crippen LogP contribution in [0.1, 0.15) is 64.9 Å². The van der Waals surface area contributed by atoms with Crippen LogP contribution in [0.5, 0.6) is 0 Å². The first-order chi connectivity index (χ1) is 15.1. The number of carboxylic acid groups (broad SMARTS) is 1. The van der Waals surface area contributed by atoms with Crippen molar-refractivity contribution in [3.63, 3.8) is 0 Å². The minimum atomic E-state index is -1.08. The van der Waals surface area contributed by atoms with Gasteiger partial charge in [-0.2, -0.15) is 0 Å². The lowest BCUT2D eigenvalue weighted by atomic mass is 10.1.